The lowest BCUT2D eigenvalue weighted by atomic mass is 10.1. The topological polar surface area (TPSA) is 21.3 Å². The van der Waals surface area contributed by atoms with Gasteiger partial charge in [0.05, 0.1) is 6.61 Å². The summed E-state index contributed by atoms with van der Waals surface area (Å²) in [6.07, 6.45) is 1.20. The number of ether oxygens (including phenoxy) is 1. The second-order valence-electron chi connectivity index (χ2n) is 3.00. The SMILES string of the molecule is c1ccc(C[C@H]2NCCO2)cc1. The molecule has 1 N–H and O–H groups in total. The van der Waals surface area contributed by atoms with E-state index in [9.17, 15) is 0 Å². The maximum atomic E-state index is 5.45. The molecule has 0 amide bonds. The van der Waals surface area contributed by atoms with E-state index in [1.54, 1.807) is 0 Å². The zero-order chi connectivity index (χ0) is 8.23. The van der Waals surface area contributed by atoms with Gasteiger partial charge >= 0.3 is 0 Å². The first kappa shape index (κ1) is 7.77. The normalized spacial score (nSPS) is 22.8. The van der Waals surface area contributed by atoms with Gasteiger partial charge in [0.25, 0.3) is 0 Å². The number of hydrogen-bond donors (Lipinski definition) is 1. The maximum Gasteiger partial charge on any atom is 0.112 e. The summed E-state index contributed by atoms with van der Waals surface area (Å²) in [5.41, 5.74) is 1.33. The minimum Gasteiger partial charge on any atom is -0.362 e. The number of rotatable bonds is 2. The van der Waals surface area contributed by atoms with Crippen LogP contribution in [0.3, 0.4) is 0 Å². The van der Waals surface area contributed by atoms with Gasteiger partial charge in [-0.2, -0.15) is 0 Å². The van der Waals surface area contributed by atoms with Gasteiger partial charge in [-0.3, -0.25) is 5.32 Å². The standard InChI is InChI=1S/C10H13NO/c1-2-4-9(5-3-1)8-10-11-6-7-12-10/h1-5,10-11H,6-8H2/t10-/m0/s1. The first-order valence-electron chi connectivity index (χ1n) is 4.34. The summed E-state index contributed by atoms with van der Waals surface area (Å²) in [5, 5.41) is 3.28. The van der Waals surface area contributed by atoms with Crippen LogP contribution in [0.2, 0.25) is 0 Å². The zero-order valence-electron chi connectivity index (χ0n) is 6.99. The molecular weight excluding hydrogens is 150 g/mol. The highest BCUT2D eigenvalue weighted by molar-refractivity contribution is 5.15. The fraction of sp³-hybridized carbons (Fsp3) is 0.400. The van der Waals surface area contributed by atoms with E-state index in [-0.39, 0.29) is 6.23 Å². The van der Waals surface area contributed by atoms with E-state index in [0.29, 0.717) is 0 Å². The third-order valence-electron chi connectivity index (χ3n) is 2.06. The Kier molecular flexibility index (Phi) is 2.39. The van der Waals surface area contributed by atoms with Gasteiger partial charge in [-0.15, -0.1) is 0 Å². The first-order valence-corrected chi connectivity index (χ1v) is 4.34. The van der Waals surface area contributed by atoms with E-state index < -0.39 is 0 Å². The Labute approximate surface area is 72.5 Å². The van der Waals surface area contributed by atoms with Crippen molar-refractivity contribution in [3.63, 3.8) is 0 Å². The van der Waals surface area contributed by atoms with Gasteiger partial charge in [0, 0.05) is 13.0 Å². The Hall–Kier alpha value is -0.860. The largest absolute Gasteiger partial charge is 0.362 e. The summed E-state index contributed by atoms with van der Waals surface area (Å²) >= 11 is 0. The third-order valence-corrected chi connectivity index (χ3v) is 2.06. The molecule has 1 aromatic rings. The number of hydrogen-bond acceptors (Lipinski definition) is 2. The van der Waals surface area contributed by atoms with Crippen molar-refractivity contribution in [2.24, 2.45) is 0 Å². The fourth-order valence-electron chi connectivity index (χ4n) is 1.44. The van der Waals surface area contributed by atoms with Crippen molar-refractivity contribution in [3.8, 4) is 0 Å². The van der Waals surface area contributed by atoms with Crippen LogP contribution in [0.15, 0.2) is 30.3 Å². The van der Waals surface area contributed by atoms with Gasteiger partial charge in [0.1, 0.15) is 6.23 Å². The van der Waals surface area contributed by atoms with Crippen LogP contribution in [-0.4, -0.2) is 19.4 Å². The van der Waals surface area contributed by atoms with E-state index in [2.05, 4.69) is 29.6 Å². The molecule has 0 radical (unpaired) electrons. The Morgan fingerprint density at radius 3 is 2.83 bits per heavy atom. The first-order chi connectivity index (χ1) is 5.95. The average molecular weight is 163 g/mol. The van der Waals surface area contributed by atoms with Crippen LogP contribution in [0.4, 0.5) is 0 Å². The number of nitrogens with one attached hydrogen (secondary N) is 1. The van der Waals surface area contributed by atoms with E-state index in [1.165, 1.54) is 5.56 Å². The monoisotopic (exact) mass is 163 g/mol. The highest BCUT2D eigenvalue weighted by Gasteiger charge is 2.13. The molecule has 1 heterocycles. The molecule has 2 nitrogen and oxygen atoms in total. The average Bonchev–Trinajstić information content (AvgIpc) is 2.59. The van der Waals surface area contributed by atoms with Gasteiger partial charge in [-0.25, -0.2) is 0 Å². The van der Waals surface area contributed by atoms with Crippen LogP contribution in [0.25, 0.3) is 0 Å². The zero-order valence-corrected chi connectivity index (χ0v) is 6.99. The summed E-state index contributed by atoms with van der Waals surface area (Å²) in [6.45, 7) is 1.83. The highest BCUT2D eigenvalue weighted by Crippen LogP contribution is 2.06. The molecule has 64 valence electrons. The molecule has 1 fully saturated rings. The second-order valence-corrected chi connectivity index (χ2v) is 3.00. The smallest absolute Gasteiger partial charge is 0.112 e. The minimum atomic E-state index is 0.229. The van der Waals surface area contributed by atoms with Gasteiger partial charge in [-0.1, -0.05) is 30.3 Å². The predicted octanol–water partition coefficient (Wildman–Crippen LogP) is 1.18. The van der Waals surface area contributed by atoms with Crippen molar-refractivity contribution in [1.82, 2.24) is 5.32 Å². The van der Waals surface area contributed by atoms with E-state index in [0.717, 1.165) is 19.6 Å². The van der Waals surface area contributed by atoms with E-state index >= 15 is 0 Å². The van der Waals surface area contributed by atoms with Crippen molar-refractivity contribution < 1.29 is 4.74 Å². The molecule has 0 spiro atoms. The van der Waals surface area contributed by atoms with Gasteiger partial charge in [0.15, 0.2) is 0 Å². The van der Waals surface area contributed by atoms with Crippen molar-refractivity contribution in [3.05, 3.63) is 35.9 Å². The summed E-state index contributed by atoms with van der Waals surface area (Å²) in [4.78, 5) is 0. The molecule has 1 saturated heterocycles. The lowest BCUT2D eigenvalue weighted by Crippen LogP contribution is -2.24. The minimum absolute atomic E-state index is 0.229. The highest BCUT2D eigenvalue weighted by atomic mass is 16.5. The molecule has 0 aromatic heterocycles. The second kappa shape index (κ2) is 3.70. The Morgan fingerprint density at radius 2 is 2.17 bits per heavy atom. The molecule has 2 rings (SSSR count). The van der Waals surface area contributed by atoms with Crippen LogP contribution >= 0.6 is 0 Å². The van der Waals surface area contributed by atoms with Crippen LogP contribution in [-0.2, 0) is 11.2 Å². The third kappa shape index (κ3) is 1.84. The summed E-state index contributed by atoms with van der Waals surface area (Å²) in [7, 11) is 0. The summed E-state index contributed by atoms with van der Waals surface area (Å²) in [5.74, 6) is 0. The Balaban J connectivity index is 1.94. The molecule has 1 aliphatic rings. The number of benzene rings is 1. The van der Waals surface area contributed by atoms with Crippen molar-refractivity contribution >= 4 is 0 Å². The fourth-order valence-corrected chi connectivity index (χ4v) is 1.44. The molecule has 0 saturated carbocycles. The van der Waals surface area contributed by atoms with Crippen LogP contribution in [0, 0.1) is 0 Å². The van der Waals surface area contributed by atoms with E-state index in [4.69, 9.17) is 4.74 Å². The molecule has 0 unspecified atom stereocenters. The lowest BCUT2D eigenvalue weighted by molar-refractivity contribution is 0.102. The molecule has 0 bridgehead atoms. The molecule has 1 aliphatic heterocycles. The molecular formula is C10H13NO. The van der Waals surface area contributed by atoms with Crippen molar-refractivity contribution in [2.75, 3.05) is 13.2 Å². The molecule has 2 heteroatoms. The van der Waals surface area contributed by atoms with Gasteiger partial charge in [-0.05, 0) is 5.56 Å². The van der Waals surface area contributed by atoms with Crippen LogP contribution in [0.1, 0.15) is 5.56 Å². The molecule has 1 aromatic carbocycles. The van der Waals surface area contributed by atoms with Crippen molar-refractivity contribution in [1.29, 1.82) is 0 Å². The summed E-state index contributed by atoms with van der Waals surface area (Å²) < 4.78 is 5.45. The van der Waals surface area contributed by atoms with Crippen LogP contribution in [0.5, 0.6) is 0 Å². The predicted molar refractivity (Wildman–Crippen MR) is 47.9 cm³/mol. The maximum absolute atomic E-state index is 5.45. The Bertz CT molecular complexity index is 229. The van der Waals surface area contributed by atoms with Crippen molar-refractivity contribution in [2.45, 2.75) is 12.6 Å². The molecule has 1 atom stereocenters. The lowest BCUT2D eigenvalue weighted by Gasteiger charge is -2.08. The molecule has 12 heavy (non-hydrogen) atoms. The Morgan fingerprint density at radius 1 is 1.33 bits per heavy atom. The van der Waals surface area contributed by atoms with Gasteiger partial charge < -0.3 is 4.74 Å². The quantitative estimate of drug-likeness (QED) is 0.706. The molecule has 0 aliphatic carbocycles. The van der Waals surface area contributed by atoms with E-state index in [1.807, 2.05) is 6.07 Å². The van der Waals surface area contributed by atoms with Crippen LogP contribution < -0.4 is 5.32 Å². The summed E-state index contributed by atoms with van der Waals surface area (Å²) in [6, 6.07) is 10.4. The van der Waals surface area contributed by atoms with Gasteiger partial charge in [0.2, 0.25) is 0 Å².